The van der Waals surface area contributed by atoms with Crippen LogP contribution < -0.4 is 9.47 Å². The predicted molar refractivity (Wildman–Crippen MR) is 139 cm³/mol. The number of ether oxygens (including phenoxy) is 2. The number of alkyl halides is 6. The van der Waals surface area contributed by atoms with Gasteiger partial charge in [0.25, 0.3) is 0 Å². The summed E-state index contributed by atoms with van der Waals surface area (Å²) >= 11 is 0. The Balaban J connectivity index is 1.84. The lowest BCUT2D eigenvalue weighted by Gasteiger charge is -2.15. The molecule has 230 valence electrons. The average molecular weight is 651 g/mol. The lowest BCUT2D eigenvalue weighted by molar-refractivity contribution is -0.277. The first-order valence-electron chi connectivity index (χ1n) is 12.4. The summed E-state index contributed by atoms with van der Waals surface area (Å²) in [4.78, 5) is 0. The van der Waals surface area contributed by atoms with Crippen LogP contribution in [0, 0.1) is 74.1 Å². The lowest BCUT2D eigenvalue weighted by atomic mass is 9.89. The quantitative estimate of drug-likeness (QED) is 0.124. The molecule has 3 aromatic rings. The molecule has 7 nitrogen and oxygen atoms in total. The average Bonchev–Trinajstić information content (AvgIpc) is 3.51. The van der Waals surface area contributed by atoms with Gasteiger partial charge in [-0.25, -0.2) is 8.78 Å². The van der Waals surface area contributed by atoms with Gasteiger partial charge >= 0.3 is 12.7 Å². The minimum Gasteiger partial charge on any atom is -0.406 e. The number of nitrogens with zero attached hydrogens (tertiary/aromatic N) is 5. The summed E-state index contributed by atoms with van der Waals surface area (Å²) in [5.41, 5.74) is -6.87. The maximum Gasteiger partial charge on any atom is 0.573 e. The highest BCUT2D eigenvalue weighted by Crippen LogP contribution is 2.54. The molecule has 5 rings (SSSR count). The van der Waals surface area contributed by atoms with Crippen molar-refractivity contribution in [3.05, 3.63) is 92.8 Å². The van der Waals surface area contributed by atoms with Crippen molar-refractivity contribution >= 4 is 22.3 Å². The van der Waals surface area contributed by atoms with E-state index in [4.69, 9.17) is 0 Å². The summed E-state index contributed by atoms with van der Waals surface area (Å²) in [6.45, 7) is 0. The molecule has 0 amide bonds. The first-order valence-corrected chi connectivity index (χ1v) is 12.4. The van der Waals surface area contributed by atoms with Gasteiger partial charge in [0, 0.05) is 27.8 Å². The van der Waals surface area contributed by atoms with Crippen molar-refractivity contribution < 1.29 is 49.0 Å². The zero-order chi connectivity index (χ0) is 34.6. The van der Waals surface area contributed by atoms with E-state index >= 15 is 8.78 Å². The first kappa shape index (κ1) is 31.7. The summed E-state index contributed by atoms with van der Waals surface area (Å²) in [6.07, 6.45) is -10.8. The highest BCUT2D eigenvalue weighted by Gasteiger charge is 2.43. The number of hydrogen-bond donors (Lipinski definition) is 0. The Labute approximate surface area is 256 Å². The molecule has 2 aliphatic rings. The maximum absolute atomic E-state index is 15.6. The Hall–Kier alpha value is -6.70. The normalized spacial score (nSPS) is 12.9. The number of hydrogen-bond acceptors (Lipinski definition) is 7. The second-order valence-corrected chi connectivity index (χ2v) is 9.39. The van der Waals surface area contributed by atoms with Crippen LogP contribution in [-0.4, -0.2) is 12.7 Å². The van der Waals surface area contributed by atoms with Crippen molar-refractivity contribution in [3.63, 3.8) is 0 Å². The molecule has 3 aromatic carbocycles. The zero-order valence-electron chi connectivity index (χ0n) is 22.4. The van der Waals surface area contributed by atoms with Crippen molar-refractivity contribution in [2.24, 2.45) is 0 Å². The Morgan fingerprint density at radius 3 is 1.64 bits per heavy atom. The Kier molecular flexibility index (Phi) is 7.44. The monoisotopic (exact) mass is 651 g/mol. The molecule has 16 heteroatoms. The predicted octanol–water partition coefficient (Wildman–Crippen LogP) is 7.98. The van der Waals surface area contributed by atoms with Crippen LogP contribution in [-0.2, 0) is 0 Å². The minimum atomic E-state index is -5.73. The van der Waals surface area contributed by atoms with Crippen LogP contribution >= 0.6 is 0 Å². The van der Waals surface area contributed by atoms with E-state index in [2.05, 4.69) is 9.47 Å². The van der Waals surface area contributed by atoms with Crippen LogP contribution in [0.5, 0.6) is 11.5 Å². The molecule has 0 spiro atoms. The molecule has 0 atom stereocenters. The van der Waals surface area contributed by atoms with Gasteiger partial charge in [0.2, 0.25) is 11.6 Å². The van der Waals surface area contributed by atoms with Crippen LogP contribution in [0.3, 0.4) is 0 Å². The molecular weight excluding hydrogens is 645 g/mol. The molecule has 0 saturated carbocycles. The Bertz CT molecular complexity index is 2230. The summed E-state index contributed by atoms with van der Waals surface area (Å²) in [7, 11) is 0. The molecule has 2 aliphatic carbocycles. The van der Waals surface area contributed by atoms with Gasteiger partial charge in [-0.15, -0.1) is 26.3 Å². The van der Waals surface area contributed by atoms with E-state index in [-0.39, 0.29) is 33.4 Å². The van der Waals surface area contributed by atoms with Crippen LogP contribution in [0.1, 0.15) is 27.8 Å². The lowest BCUT2D eigenvalue weighted by Crippen LogP contribution is -2.20. The standard InChI is InChI=1S/C31H6F9N5O2/c32-26-24-20(11-45)22(23(14(9-43)10-44)25(24)27(33)29(28(26)34)47-31(38,39)40)12-1-3-16-17-4-2-15(46-30(35,36)37)6-19(17)21(18(16)5-12)13(7-41)8-42/h1-6H. The second-order valence-electron chi connectivity index (χ2n) is 9.39. The number of rotatable bonds is 3. The molecule has 0 fully saturated rings. The number of allylic oxidation sites excluding steroid dienone is 5. The van der Waals surface area contributed by atoms with Gasteiger partial charge in [-0.2, -0.15) is 30.7 Å². The van der Waals surface area contributed by atoms with Crippen LogP contribution in [0.2, 0.25) is 0 Å². The number of nitriles is 5. The summed E-state index contributed by atoms with van der Waals surface area (Å²) < 4.78 is 131. The van der Waals surface area contributed by atoms with E-state index in [9.17, 15) is 57.0 Å². The van der Waals surface area contributed by atoms with E-state index in [1.165, 1.54) is 30.3 Å². The van der Waals surface area contributed by atoms with Crippen LogP contribution in [0.15, 0.2) is 47.5 Å². The SMILES string of the molecule is N#CC(C#N)=C1c2cc(OC(F)(F)F)ccc2-c2ccc(C3=C(C#N)c4c(F)c(F)c(OC(F)(F)F)c(F)c4C3=C(C#N)C#N)cc21. The van der Waals surface area contributed by atoms with Crippen molar-refractivity contribution in [2.75, 3.05) is 0 Å². The van der Waals surface area contributed by atoms with Crippen LogP contribution in [0.4, 0.5) is 39.5 Å². The van der Waals surface area contributed by atoms with E-state index in [0.29, 0.717) is 0 Å². The molecule has 0 heterocycles. The largest absolute Gasteiger partial charge is 0.573 e. The van der Waals surface area contributed by atoms with Gasteiger partial charge in [0.05, 0.1) is 5.57 Å². The van der Waals surface area contributed by atoms with E-state index in [0.717, 1.165) is 24.3 Å². The maximum atomic E-state index is 15.6. The van der Waals surface area contributed by atoms with Gasteiger partial charge in [-0.1, -0.05) is 18.2 Å². The fraction of sp³-hybridized carbons (Fsp3) is 0.0645. The highest BCUT2D eigenvalue weighted by atomic mass is 19.4. The van der Waals surface area contributed by atoms with Crippen molar-refractivity contribution in [2.45, 2.75) is 12.7 Å². The van der Waals surface area contributed by atoms with E-state index < -0.39 is 80.7 Å². The number of fused-ring (bicyclic) bond motifs is 4. The summed E-state index contributed by atoms with van der Waals surface area (Å²) in [6, 6.07) is 14.0. The molecule has 0 unspecified atom stereocenters. The summed E-state index contributed by atoms with van der Waals surface area (Å²) in [5, 5.41) is 48.6. The van der Waals surface area contributed by atoms with Gasteiger partial charge in [0.15, 0.2) is 11.6 Å². The smallest absolute Gasteiger partial charge is 0.406 e. The number of benzene rings is 3. The topological polar surface area (TPSA) is 137 Å². The van der Waals surface area contributed by atoms with Crippen molar-refractivity contribution in [1.82, 2.24) is 0 Å². The fourth-order valence-corrected chi connectivity index (χ4v) is 5.33. The molecule has 0 bridgehead atoms. The van der Waals surface area contributed by atoms with Gasteiger partial charge < -0.3 is 9.47 Å². The molecule has 0 saturated heterocycles. The van der Waals surface area contributed by atoms with Crippen LogP contribution in [0.25, 0.3) is 33.4 Å². The van der Waals surface area contributed by atoms with E-state index in [1.807, 2.05) is 0 Å². The molecule has 0 aliphatic heterocycles. The third kappa shape index (κ3) is 5.12. The number of halogens is 9. The second kappa shape index (κ2) is 11.0. The molecule has 0 N–H and O–H groups in total. The van der Waals surface area contributed by atoms with Gasteiger partial charge in [-0.3, -0.25) is 0 Å². The van der Waals surface area contributed by atoms with Crippen molar-refractivity contribution in [3.8, 4) is 53.0 Å². The summed E-state index contributed by atoms with van der Waals surface area (Å²) in [5.74, 6) is -9.83. The molecule has 47 heavy (non-hydrogen) atoms. The molecular formula is C31H6F9N5O2. The van der Waals surface area contributed by atoms with Crippen molar-refractivity contribution in [1.29, 1.82) is 26.3 Å². The molecule has 0 aromatic heterocycles. The van der Waals surface area contributed by atoms with Gasteiger partial charge in [0.1, 0.15) is 47.2 Å². The highest BCUT2D eigenvalue weighted by molar-refractivity contribution is 6.26. The Morgan fingerprint density at radius 2 is 1.11 bits per heavy atom. The Morgan fingerprint density at radius 1 is 0.574 bits per heavy atom. The zero-order valence-corrected chi connectivity index (χ0v) is 22.4. The fourth-order valence-electron chi connectivity index (χ4n) is 5.33. The minimum absolute atomic E-state index is 0.0523. The third-order valence-electron chi connectivity index (χ3n) is 6.92. The first-order chi connectivity index (χ1) is 22.1. The van der Waals surface area contributed by atoms with E-state index in [1.54, 1.807) is 12.1 Å². The van der Waals surface area contributed by atoms with Gasteiger partial charge in [-0.05, 0) is 46.0 Å². The third-order valence-corrected chi connectivity index (χ3v) is 6.92. The molecule has 0 radical (unpaired) electrons.